The second kappa shape index (κ2) is 13.7. The number of primary amides is 1. The molecule has 2 aromatic carbocycles. The molecule has 206 valence electrons. The van der Waals surface area contributed by atoms with Gasteiger partial charge in [-0.25, -0.2) is 0 Å². The van der Waals surface area contributed by atoms with E-state index in [0.717, 1.165) is 22.0 Å². The first-order chi connectivity index (χ1) is 18.6. The molecule has 0 bridgehead atoms. The topological polar surface area (TPSA) is 209 Å². The summed E-state index contributed by atoms with van der Waals surface area (Å²) in [6, 6.07) is 13.3. The van der Waals surface area contributed by atoms with Crippen LogP contribution in [0, 0.1) is 0 Å². The van der Waals surface area contributed by atoms with Gasteiger partial charge in [-0.3, -0.25) is 24.0 Å². The van der Waals surface area contributed by atoms with Gasteiger partial charge in [-0.05, 0) is 30.0 Å². The molecule has 3 aromatic rings. The van der Waals surface area contributed by atoms with Gasteiger partial charge in [0, 0.05) is 29.9 Å². The average molecular weight is 537 g/mol. The van der Waals surface area contributed by atoms with Crippen molar-refractivity contribution in [2.75, 3.05) is 6.54 Å². The number of carboxylic acid groups (broad SMARTS) is 1. The first kappa shape index (κ1) is 28.9. The Morgan fingerprint density at radius 3 is 2.21 bits per heavy atom. The number of para-hydroxylation sites is 1. The van der Waals surface area contributed by atoms with Crippen LogP contribution in [0.4, 0.5) is 0 Å². The number of hydrogen-bond acceptors (Lipinski definition) is 6. The summed E-state index contributed by atoms with van der Waals surface area (Å²) in [7, 11) is 0. The summed E-state index contributed by atoms with van der Waals surface area (Å²) in [5.41, 5.74) is 13.8. The maximum absolute atomic E-state index is 13.4. The lowest BCUT2D eigenvalue weighted by atomic mass is 10.0. The predicted molar refractivity (Wildman–Crippen MR) is 143 cm³/mol. The second-order valence-electron chi connectivity index (χ2n) is 9.10. The Morgan fingerprint density at radius 2 is 1.51 bits per heavy atom. The van der Waals surface area contributed by atoms with Gasteiger partial charge >= 0.3 is 5.97 Å². The largest absolute Gasteiger partial charge is 0.480 e. The first-order valence-electron chi connectivity index (χ1n) is 12.4. The number of hydrogen-bond donors (Lipinski definition) is 7. The second-order valence-corrected chi connectivity index (χ2v) is 9.10. The zero-order chi connectivity index (χ0) is 28.4. The van der Waals surface area contributed by atoms with Crippen LogP contribution in [0.3, 0.4) is 0 Å². The number of benzene rings is 2. The van der Waals surface area contributed by atoms with Gasteiger partial charge in [0.1, 0.15) is 18.6 Å². The highest BCUT2D eigenvalue weighted by atomic mass is 16.4. The maximum atomic E-state index is 13.4. The summed E-state index contributed by atoms with van der Waals surface area (Å²) in [4.78, 5) is 64.4. The number of carbonyl (C=O) groups excluding carboxylic acids is 4. The monoisotopic (exact) mass is 536 g/mol. The molecule has 12 nitrogen and oxygen atoms in total. The molecule has 0 aliphatic rings. The number of carboxylic acids is 1. The van der Waals surface area contributed by atoms with Gasteiger partial charge < -0.3 is 37.5 Å². The molecule has 0 spiro atoms. The number of H-pyrrole nitrogens is 1. The first-order valence-corrected chi connectivity index (χ1v) is 12.4. The maximum Gasteiger partial charge on any atom is 0.322 e. The third-order valence-electron chi connectivity index (χ3n) is 6.09. The normalized spacial score (nSPS) is 13.2. The van der Waals surface area contributed by atoms with Crippen LogP contribution in [0.15, 0.2) is 60.8 Å². The van der Waals surface area contributed by atoms with Crippen molar-refractivity contribution in [3.8, 4) is 0 Å². The van der Waals surface area contributed by atoms with Crippen LogP contribution >= 0.6 is 0 Å². The molecule has 1 aromatic heterocycles. The fourth-order valence-corrected chi connectivity index (χ4v) is 4.08. The molecule has 0 saturated heterocycles. The Kier molecular flexibility index (Phi) is 10.2. The van der Waals surface area contributed by atoms with Crippen LogP contribution in [0.2, 0.25) is 0 Å². The number of carbonyl (C=O) groups is 5. The lowest BCUT2D eigenvalue weighted by molar-refractivity contribution is -0.138. The van der Waals surface area contributed by atoms with E-state index in [1.165, 1.54) is 0 Å². The van der Waals surface area contributed by atoms with Crippen LogP contribution in [0.5, 0.6) is 0 Å². The molecule has 12 heteroatoms. The number of nitrogens with one attached hydrogen (secondary N) is 4. The molecule has 0 fully saturated rings. The van der Waals surface area contributed by atoms with E-state index in [-0.39, 0.29) is 25.7 Å². The van der Waals surface area contributed by atoms with Crippen LogP contribution in [-0.2, 0) is 36.8 Å². The van der Waals surface area contributed by atoms with E-state index in [1.54, 1.807) is 6.20 Å². The Labute approximate surface area is 224 Å². The van der Waals surface area contributed by atoms with E-state index >= 15 is 0 Å². The van der Waals surface area contributed by atoms with Gasteiger partial charge in [0.2, 0.25) is 23.6 Å². The van der Waals surface area contributed by atoms with Crippen LogP contribution in [-0.4, -0.2) is 64.4 Å². The van der Waals surface area contributed by atoms with E-state index < -0.39 is 54.3 Å². The van der Waals surface area contributed by atoms with Crippen molar-refractivity contribution in [2.45, 2.75) is 43.8 Å². The van der Waals surface area contributed by atoms with E-state index in [0.29, 0.717) is 0 Å². The van der Waals surface area contributed by atoms with Crippen LogP contribution in [0.25, 0.3) is 10.9 Å². The Morgan fingerprint density at radius 1 is 0.846 bits per heavy atom. The number of rotatable bonds is 14. The van der Waals surface area contributed by atoms with Gasteiger partial charge in [-0.1, -0.05) is 48.5 Å². The number of aliphatic carboxylic acids is 1. The molecule has 0 aliphatic heterocycles. The van der Waals surface area contributed by atoms with Crippen molar-refractivity contribution in [1.29, 1.82) is 0 Å². The predicted octanol–water partition coefficient (Wildman–Crippen LogP) is -0.284. The van der Waals surface area contributed by atoms with Crippen molar-refractivity contribution in [3.05, 3.63) is 71.9 Å². The highest BCUT2D eigenvalue weighted by Gasteiger charge is 2.29. The zero-order valence-electron chi connectivity index (χ0n) is 21.2. The number of fused-ring (bicyclic) bond motifs is 1. The summed E-state index contributed by atoms with van der Waals surface area (Å²) in [6.45, 7) is -0.675. The summed E-state index contributed by atoms with van der Waals surface area (Å²) in [5, 5.41) is 17.1. The van der Waals surface area contributed by atoms with Gasteiger partial charge in [0.15, 0.2) is 0 Å². The molecule has 0 saturated carbocycles. The van der Waals surface area contributed by atoms with Gasteiger partial charge in [0.05, 0.1) is 6.04 Å². The average Bonchev–Trinajstić information content (AvgIpc) is 3.32. The van der Waals surface area contributed by atoms with Crippen molar-refractivity contribution in [1.82, 2.24) is 20.9 Å². The Hall–Kier alpha value is -4.71. The molecular weight excluding hydrogens is 504 g/mol. The fraction of sp³-hybridized carbons (Fsp3) is 0.296. The molecule has 3 atom stereocenters. The minimum atomic E-state index is -1.28. The molecule has 3 unspecified atom stereocenters. The summed E-state index contributed by atoms with van der Waals surface area (Å²) in [6.07, 6.45) is 1.65. The van der Waals surface area contributed by atoms with Crippen molar-refractivity contribution in [3.63, 3.8) is 0 Å². The summed E-state index contributed by atoms with van der Waals surface area (Å²) in [5.74, 6) is -4.05. The Bertz CT molecular complexity index is 1320. The summed E-state index contributed by atoms with van der Waals surface area (Å²) < 4.78 is 0. The highest BCUT2D eigenvalue weighted by molar-refractivity contribution is 5.94. The lowest BCUT2D eigenvalue weighted by Crippen LogP contribution is -2.57. The van der Waals surface area contributed by atoms with Crippen molar-refractivity contribution >= 4 is 40.5 Å². The van der Waals surface area contributed by atoms with Crippen LogP contribution < -0.4 is 27.4 Å². The molecule has 4 amide bonds. The molecule has 9 N–H and O–H groups in total. The molecule has 3 rings (SSSR count). The van der Waals surface area contributed by atoms with Crippen molar-refractivity contribution in [2.24, 2.45) is 11.5 Å². The van der Waals surface area contributed by atoms with Crippen LogP contribution in [0.1, 0.15) is 24.0 Å². The third kappa shape index (κ3) is 8.68. The molecule has 39 heavy (non-hydrogen) atoms. The number of aromatic nitrogens is 1. The van der Waals surface area contributed by atoms with E-state index in [2.05, 4.69) is 20.9 Å². The van der Waals surface area contributed by atoms with Crippen molar-refractivity contribution < 1.29 is 29.1 Å². The fourth-order valence-electron chi connectivity index (χ4n) is 4.08. The lowest BCUT2D eigenvalue weighted by Gasteiger charge is -2.24. The SMILES string of the molecule is NC(=O)CCC(NC(=O)C(Cc1c[nH]c2ccccc12)NC(=O)C(N)Cc1ccccc1)C(=O)NCC(=O)O. The highest BCUT2D eigenvalue weighted by Crippen LogP contribution is 2.19. The van der Waals surface area contributed by atoms with E-state index in [9.17, 15) is 24.0 Å². The third-order valence-corrected chi connectivity index (χ3v) is 6.09. The molecule has 0 radical (unpaired) electrons. The minimum Gasteiger partial charge on any atom is -0.480 e. The van der Waals surface area contributed by atoms with Gasteiger partial charge in [-0.2, -0.15) is 0 Å². The smallest absolute Gasteiger partial charge is 0.322 e. The quantitative estimate of drug-likeness (QED) is 0.146. The minimum absolute atomic E-state index is 0.0684. The van der Waals surface area contributed by atoms with Gasteiger partial charge in [0.25, 0.3) is 0 Å². The number of nitrogens with two attached hydrogens (primary N) is 2. The molecule has 1 heterocycles. The summed E-state index contributed by atoms with van der Waals surface area (Å²) >= 11 is 0. The molecular formula is C27H32N6O6. The van der Waals surface area contributed by atoms with E-state index in [1.807, 2.05) is 54.6 Å². The number of aromatic amines is 1. The zero-order valence-corrected chi connectivity index (χ0v) is 21.2. The molecule has 0 aliphatic carbocycles. The standard InChI is InChI=1S/C27H32N6O6/c28-19(12-16-6-2-1-3-7-16)25(37)33-22(13-17-14-30-20-9-5-4-8-18(17)20)27(39)32-21(10-11-23(29)34)26(38)31-15-24(35)36/h1-9,14,19,21-22,30H,10-13,15,28H2,(H2,29,34)(H,31,38)(H,32,39)(H,33,37)(H,35,36). The number of amides is 4. The van der Waals surface area contributed by atoms with E-state index in [4.69, 9.17) is 16.6 Å². The van der Waals surface area contributed by atoms with Gasteiger partial charge in [-0.15, -0.1) is 0 Å². The Balaban J connectivity index is 1.81.